The Morgan fingerprint density at radius 2 is 2.07 bits per heavy atom. The number of thioether (sulfide) groups is 1. The second-order valence-electron chi connectivity index (χ2n) is 6.11. The van der Waals surface area contributed by atoms with Crippen molar-refractivity contribution in [1.29, 1.82) is 5.26 Å². The summed E-state index contributed by atoms with van der Waals surface area (Å²) in [5.74, 6) is 1.02. The number of hydrogen-bond acceptors (Lipinski definition) is 6. The van der Waals surface area contributed by atoms with Gasteiger partial charge in [-0.3, -0.25) is 4.79 Å². The third kappa shape index (κ3) is 4.61. The third-order valence-corrected chi connectivity index (χ3v) is 6.01. The van der Waals surface area contributed by atoms with E-state index in [9.17, 15) is 4.79 Å². The van der Waals surface area contributed by atoms with Crippen LogP contribution in [0.2, 0.25) is 0 Å². The molecule has 0 radical (unpaired) electrons. The van der Waals surface area contributed by atoms with E-state index in [0.717, 1.165) is 33.7 Å². The van der Waals surface area contributed by atoms with Gasteiger partial charge in [0.15, 0.2) is 11.0 Å². The standard InChI is InChI=1S/C20H21N5OS2/c1-3-24-19(17-6-4-13-27-17)22-23-20(24)28-14-18(26)25(12-5-11-21)16-9-7-15(2)8-10-16/h4,6-10,13H,3,5,12,14H2,1-2H3. The van der Waals surface area contributed by atoms with E-state index in [1.54, 1.807) is 16.2 Å². The Balaban J connectivity index is 1.74. The normalized spacial score (nSPS) is 10.6. The van der Waals surface area contributed by atoms with Gasteiger partial charge in [-0.15, -0.1) is 21.5 Å². The average Bonchev–Trinajstić information content (AvgIpc) is 3.37. The zero-order chi connectivity index (χ0) is 19.9. The monoisotopic (exact) mass is 411 g/mol. The summed E-state index contributed by atoms with van der Waals surface area (Å²) in [4.78, 5) is 15.6. The Morgan fingerprint density at radius 1 is 1.29 bits per heavy atom. The molecule has 3 rings (SSSR count). The van der Waals surface area contributed by atoms with E-state index in [1.807, 2.05) is 60.2 Å². The lowest BCUT2D eigenvalue weighted by atomic mass is 10.2. The fourth-order valence-corrected chi connectivity index (χ4v) is 4.35. The zero-order valence-electron chi connectivity index (χ0n) is 15.8. The highest BCUT2D eigenvalue weighted by atomic mass is 32.2. The number of amides is 1. The molecule has 0 N–H and O–H groups in total. The van der Waals surface area contributed by atoms with E-state index in [0.29, 0.717) is 6.54 Å². The summed E-state index contributed by atoms with van der Waals surface area (Å²) in [7, 11) is 0. The van der Waals surface area contributed by atoms with E-state index in [1.165, 1.54) is 11.8 Å². The van der Waals surface area contributed by atoms with Gasteiger partial charge in [0, 0.05) is 18.8 Å². The number of aromatic nitrogens is 3. The van der Waals surface area contributed by atoms with Crippen molar-refractivity contribution < 1.29 is 4.79 Å². The van der Waals surface area contributed by atoms with Crippen LogP contribution in [-0.2, 0) is 11.3 Å². The van der Waals surface area contributed by atoms with Crippen LogP contribution in [0.15, 0.2) is 46.9 Å². The lowest BCUT2D eigenvalue weighted by Gasteiger charge is -2.21. The first kappa shape index (κ1) is 20.1. The molecule has 0 aliphatic heterocycles. The van der Waals surface area contributed by atoms with Crippen LogP contribution in [0.25, 0.3) is 10.7 Å². The Kier molecular flexibility index (Phi) is 6.85. The second kappa shape index (κ2) is 9.53. The third-order valence-electron chi connectivity index (χ3n) is 4.19. The molecule has 144 valence electrons. The summed E-state index contributed by atoms with van der Waals surface area (Å²) in [6, 6.07) is 13.9. The summed E-state index contributed by atoms with van der Waals surface area (Å²) in [6.45, 7) is 5.15. The van der Waals surface area contributed by atoms with Crippen molar-refractivity contribution in [2.45, 2.75) is 32.0 Å². The molecule has 0 aliphatic carbocycles. The number of carbonyl (C=O) groups is 1. The number of aryl methyl sites for hydroxylation is 1. The minimum atomic E-state index is -0.0487. The molecule has 0 saturated carbocycles. The van der Waals surface area contributed by atoms with E-state index in [2.05, 4.69) is 16.3 Å². The zero-order valence-corrected chi connectivity index (χ0v) is 17.5. The minimum Gasteiger partial charge on any atom is -0.311 e. The number of carbonyl (C=O) groups excluding carboxylic acids is 1. The lowest BCUT2D eigenvalue weighted by molar-refractivity contribution is -0.116. The van der Waals surface area contributed by atoms with Gasteiger partial charge in [0.2, 0.25) is 5.91 Å². The fourth-order valence-electron chi connectivity index (χ4n) is 2.76. The molecular formula is C20H21N5OS2. The lowest BCUT2D eigenvalue weighted by Crippen LogP contribution is -2.33. The first-order valence-electron chi connectivity index (χ1n) is 8.98. The molecule has 28 heavy (non-hydrogen) atoms. The van der Waals surface area contributed by atoms with Gasteiger partial charge in [0.25, 0.3) is 0 Å². The number of nitriles is 1. The van der Waals surface area contributed by atoms with Crippen LogP contribution in [-0.4, -0.2) is 33.0 Å². The Bertz CT molecular complexity index is 958. The minimum absolute atomic E-state index is 0.0487. The second-order valence-corrected chi connectivity index (χ2v) is 8.00. The van der Waals surface area contributed by atoms with Crippen LogP contribution < -0.4 is 4.90 Å². The first-order chi connectivity index (χ1) is 13.6. The molecule has 1 aromatic carbocycles. The fraction of sp³-hybridized carbons (Fsp3) is 0.300. The molecule has 0 atom stereocenters. The van der Waals surface area contributed by atoms with Gasteiger partial charge >= 0.3 is 0 Å². The highest BCUT2D eigenvalue weighted by Crippen LogP contribution is 2.27. The van der Waals surface area contributed by atoms with Gasteiger partial charge in [0.05, 0.1) is 23.1 Å². The van der Waals surface area contributed by atoms with Crippen LogP contribution in [0, 0.1) is 18.3 Å². The van der Waals surface area contributed by atoms with Gasteiger partial charge in [-0.25, -0.2) is 0 Å². The van der Waals surface area contributed by atoms with Crippen LogP contribution in [0.5, 0.6) is 0 Å². The molecule has 0 unspecified atom stereocenters. The molecule has 0 saturated heterocycles. The maximum Gasteiger partial charge on any atom is 0.237 e. The maximum atomic E-state index is 12.9. The molecule has 0 spiro atoms. The van der Waals surface area contributed by atoms with Crippen LogP contribution >= 0.6 is 23.1 Å². The number of rotatable bonds is 8. The number of nitrogens with zero attached hydrogens (tertiary/aromatic N) is 5. The molecule has 2 aromatic heterocycles. The van der Waals surface area contributed by atoms with Crippen molar-refractivity contribution in [3.8, 4) is 16.8 Å². The maximum absolute atomic E-state index is 12.9. The Morgan fingerprint density at radius 3 is 2.71 bits per heavy atom. The van der Waals surface area contributed by atoms with Gasteiger partial charge in [-0.1, -0.05) is 35.5 Å². The van der Waals surface area contributed by atoms with Crippen molar-refractivity contribution >= 4 is 34.7 Å². The van der Waals surface area contributed by atoms with E-state index in [4.69, 9.17) is 5.26 Å². The summed E-state index contributed by atoms with van der Waals surface area (Å²) < 4.78 is 2.02. The molecule has 0 bridgehead atoms. The van der Waals surface area contributed by atoms with E-state index < -0.39 is 0 Å². The summed E-state index contributed by atoms with van der Waals surface area (Å²) in [5.41, 5.74) is 1.94. The first-order valence-corrected chi connectivity index (χ1v) is 10.8. The predicted octanol–water partition coefficient (Wildman–Crippen LogP) is 4.37. The quantitative estimate of drug-likeness (QED) is 0.515. The van der Waals surface area contributed by atoms with Gasteiger partial charge in [0.1, 0.15) is 0 Å². The Labute approximate surface area is 172 Å². The molecular weight excluding hydrogens is 390 g/mol. The van der Waals surface area contributed by atoms with Crippen LogP contribution in [0.1, 0.15) is 18.9 Å². The number of benzene rings is 1. The number of hydrogen-bond donors (Lipinski definition) is 0. The van der Waals surface area contributed by atoms with Crippen molar-refractivity contribution in [1.82, 2.24) is 14.8 Å². The highest BCUT2D eigenvalue weighted by molar-refractivity contribution is 7.99. The van der Waals surface area contributed by atoms with Crippen molar-refractivity contribution in [2.24, 2.45) is 0 Å². The SMILES string of the molecule is CCn1c(SCC(=O)N(CCC#N)c2ccc(C)cc2)nnc1-c1cccs1. The highest BCUT2D eigenvalue weighted by Gasteiger charge is 2.19. The summed E-state index contributed by atoms with van der Waals surface area (Å²) in [5, 5.41) is 20.3. The predicted molar refractivity (Wildman–Crippen MR) is 113 cm³/mol. The van der Waals surface area contributed by atoms with Gasteiger partial charge in [-0.2, -0.15) is 5.26 Å². The van der Waals surface area contributed by atoms with Gasteiger partial charge < -0.3 is 9.47 Å². The van der Waals surface area contributed by atoms with Crippen molar-refractivity contribution in [3.63, 3.8) is 0 Å². The largest absolute Gasteiger partial charge is 0.311 e. The van der Waals surface area contributed by atoms with Crippen LogP contribution in [0.4, 0.5) is 5.69 Å². The van der Waals surface area contributed by atoms with Crippen molar-refractivity contribution in [2.75, 3.05) is 17.2 Å². The van der Waals surface area contributed by atoms with Crippen LogP contribution in [0.3, 0.4) is 0 Å². The van der Waals surface area contributed by atoms with Crippen molar-refractivity contribution in [3.05, 3.63) is 47.3 Å². The molecule has 8 heteroatoms. The molecule has 2 heterocycles. The van der Waals surface area contributed by atoms with E-state index in [-0.39, 0.29) is 18.1 Å². The molecule has 6 nitrogen and oxygen atoms in total. The topological polar surface area (TPSA) is 74.8 Å². The smallest absolute Gasteiger partial charge is 0.237 e. The van der Waals surface area contributed by atoms with Gasteiger partial charge in [-0.05, 0) is 37.4 Å². The average molecular weight is 412 g/mol. The molecule has 1 amide bonds. The molecule has 0 aliphatic rings. The summed E-state index contributed by atoms with van der Waals surface area (Å²) in [6.07, 6.45) is 0.290. The summed E-state index contributed by atoms with van der Waals surface area (Å²) >= 11 is 2.99. The number of thiophene rings is 1. The Hall–Kier alpha value is -2.63. The number of anilines is 1. The molecule has 0 fully saturated rings. The van der Waals surface area contributed by atoms with E-state index >= 15 is 0 Å². The molecule has 3 aromatic rings.